The summed E-state index contributed by atoms with van der Waals surface area (Å²) in [7, 11) is 0. The molecule has 140 valence electrons. The molecule has 1 fully saturated rings. The normalized spacial score (nSPS) is 13.7. The van der Waals surface area contributed by atoms with E-state index in [1.807, 2.05) is 39.9 Å². The van der Waals surface area contributed by atoms with Gasteiger partial charge in [0, 0.05) is 28.4 Å². The molecule has 2 heterocycles. The fraction of sp³-hybridized carbons (Fsp3) is 0.300. The van der Waals surface area contributed by atoms with Crippen molar-refractivity contribution in [1.82, 2.24) is 14.5 Å². The number of amides is 1. The van der Waals surface area contributed by atoms with Crippen LogP contribution in [0.3, 0.4) is 0 Å². The van der Waals surface area contributed by atoms with Crippen LogP contribution in [0.4, 0.5) is 0 Å². The van der Waals surface area contributed by atoms with E-state index in [9.17, 15) is 4.79 Å². The number of hydrogen-bond donors (Lipinski definition) is 0. The van der Waals surface area contributed by atoms with Crippen LogP contribution in [0.5, 0.6) is 0 Å². The molecule has 27 heavy (non-hydrogen) atoms. The number of carbonyl (C=O) groups excluding carboxylic acids is 1. The lowest BCUT2D eigenvalue weighted by Gasteiger charge is -2.22. The van der Waals surface area contributed by atoms with Gasteiger partial charge in [-0.25, -0.2) is 4.98 Å². The topological polar surface area (TPSA) is 51.3 Å². The zero-order valence-corrected chi connectivity index (χ0v) is 16.2. The molecule has 1 aromatic carbocycles. The van der Waals surface area contributed by atoms with Crippen molar-refractivity contribution in [2.75, 3.05) is 0 Å². The molecule has 0 spiro atoms. The Morgan fingerprint density at radius 1 is 1.26 bits per heavy atom. The van der Waals surface area contributed by atoms with Gasteiger partial charge in [-0.3, -0.25) is 4.79 Å². The van der Waals surface area contributed by atoms with Crippen LogP contribution in [0.25, 0.3) is 0 Å². The van der Waals surface area contributed by atoms with Crippen molar-refractivity contribution in [1.29, 1.82) is 0 Å². The van der Waals surface area contributed by atoms with Crippen LogP contribution < -0.4 is 0 Å². The molecule has 0 saturated heterocycles. The van der Waals surface area contributed by atoms with Crippen LogP contribution >= 0.6 is 23.2 Å². The van der Waals surface area contributed by atoms with Crippen LogP contribution in [0.2, 0.25) is 10.0 Å². The Kier molecular flexibility index (Phi) is 5.23. The molecule has 0 atom stereocenters. The lowest BCUT2D eigenvalue weighted by atomic mass is 10.2. The van der Waals surface area contributed by atoms with Gasteiger partial charge in [0.2, 0.25) is 5.91 Å². The van der Waals surface area contributed by atoms with E-state index in [4.69, 9.17) is 27.6 Å². The highest BCUT2D eigenvalue weighted by Gasteiger charge is 2.34. The lowest BCUT2D eigenvalue weighted by Crippen LogP contribution is -2.32. The Balaban J connectivity index is 1.53. The molecule has 0 N–H and O–H groups in total. The fourth-order valence-electron chi connectivity index (χ4n) is 3.03. The van der Waals surface area contributed by atoms with Gasteiger partial charge in [-0.1, -0.05) is 29.3 Å². The lowest BCUT2D eigenvalue weighted by molar-refractivity contribution is -0.134. The van der Waals surface area contributed by atoms with E-state index < -0.39 is 0 Å². The number of furan rings is 1. The first-order chi connectivity index (χ1) is 13.1. The smallest absolute Gasteiger partial charge is 0.226 e. The molecule has 0 radical (unpaired) electrons. The third-order valence-corrected chi connectivity index (χ3v) is 5.24. The largest absolute Gasteiger partial charge is 0.467 e. The summed E-state index contributed by atoms with van der Waals surface area (Å²) in [6, 6.07) is 9.17. The number of benzene rings is 1. The molecule has 0 unspecified atom stereocenters. The van der Waals surface area contributed by atoms with Crippen molar-refractivity contribution in [3.63, 3.8) is 0 Å². The van der Waals surface area contributed by atoms with Gasteiger partial charge in [-0.15, -0.1) is 0 Å². The average molecular weight is 404 g/mol. The average Bonchev–Trinajstić information content (AvgIpc) is 3.20. The number of nitrogens with zero attached hydrogens (tertiary/aromatic N) is 3. The monoisotopic (exact) mass is 403 g/mol. The number of hydrogen-bond acceptors (Lipinski definition) is 3. The second-order valence-corrected chi connectivity index (χ2v) is 7.60. The van der Waals surface area contributed by atoms with Gasteiger partial charge >= 0.3 is 0 Å². The molecule has 0 bridgehead atoms. The molecule has 0 aliphatic heterocycles. The standard InChI is InChI=1S/C20H19Cl2N3O2/c21-16-6-5-15(18(22)10-16)11-24-8-7-23-19(24)13-25(20(26)14-3-4-14)12-17-2-1-9-27-17/h1-2,5-10,14H,3-4,11-13H2. The predicted molar refractivity (Wildman–Crippen MR) is 103 cm³/mol. The molecule has 3 aromatic rings. The van der Waals surface area contributed by atoms with Crippen LogP contribution in [0, 0.1) is 5.92 Å². The third-order valence-electron chi connectivity index (χ3n) is 4.65. The quantitative estimate of drug-likeness (QED) is 0.570. The Bertz CT molecular complexity index is 933. The van der Waals surface area contributed by atoms with E-state index >= 15 is 0 Å². The van der Waals surface area contributed by atoms with Gasteiger partial charge in [-0.05, 0) is 42.7 Å². The van der Waals surface area contributed by atoms with Crippen molar-refractivity contribution in [2.45, 2.75) is 32.5 Å². The van der Waals surface area contributed by atoms with Gasteiger partial charge < -0.3 is 13.9 Å². The molecular weight excluding hydrogens is 385 g/mol. The van der Waals surface area contributed by atoms with E-state index in [0.29, 0.717) is 29.7 Å². The Labute approximate surface area is 167 Å². The van der Waals surface area contributed by atoms with E-state index in [1.165, 1.54) is 0 Å². The SMILES string of the molecule is O=C(C1CC1)N(Cc1ccco1)Cc1nccn1Cc1ccc(Cl)cc1Cl. The summed E-state index contributed by atoms with van der Waals surface area (Å²) in [4.78, 5) is 19.0. The van der Waals surface area contributed by atoms with Crippen molar-refractivity contribution >= 4 is 29.1 Å². The van der Waals surface area contributed by atoms with Crippen LogP contribution in [0.1, 0.15) is 30.0 Å². The van der Waals surface area contributed by atoms with E-state index in [2.05, 4.69) is 4.98 Å². The number of carbonyl (C=O) groups is 1. The number of halogens is 2. The summed E-state index contributed by atoms with van der Waals surface area (Å²) in [5.41, 5.74) is 0.950. The highest BCUT2D eigenvalue weighted by molar-refractivity contribution is 6.35. The highest BCUT2D eigenvalue weighted by atomic mass is 35.5. The van der Waals surface area contributed by atoms with Gasteiger partial charge in [0.1, 0.15) is 11.6 Å². The summed E-state index contributed by atoms with van der Waals surface area (Å²) in [5.74, 6) is 1.86. The molecule has 1 saturated carbocycles. The van der Waals surface area contributed by atoms with Gasteiger partial charge in [0.05, 0.1) is 25.9 Å². The molecule has 2 aromatic heterocycles. The zero-order valence-electron chi connectivity index (χ0n) is 14.6. The third kappa shape index (κ3) is 4.37. The second kappa shape index (κ2) is 7.79. The van der Waals surface area contributed by atoms with Crippen molar-refractivity contribution in [3.05, 3.63) is 76.2 Å². The molecule has 1 aliphatic rings. The predicted octanol–water partition coefficient (Wildman–Crippen LogP) is 4.77. The summed E-state index contributed by atoms with van der Waals surface area (Å²) in [5, 5.41) is 1.22. The second-order valence-electron chi connectivity index (χ2n) is 6.76. The molecule has 5 nitrogen and oxygen atoms in total. The van der Waals surface area contributed by atoms with Crippen molar-refractivity contribution in [2.24, 2.45) is 5.92 Å². The Morgan fingerprint density at radius 3 is 2.81 bits per heavy atom. The summed E-state index contributed by atoms with van der Waals surface area (Å²) < 4.78 is 7.44. The minimum Gasteiger partial charge on any atom is -0.467 e. The fourth-order valence-corrected chi connectivity index (χ4v) is 3.50. The van der Waals surface area contributed by atoms with Crippen LogP contribution in [-0.2, 0) is 24.4 Å². The maximum absolute atomic E-state index is 12.7. The van der Waals surface area contributed by atoms with Crippen molar-refractivity contribution in [3.8, 4) is 0 Å². The summed E-state index contributed by atoms with van der Waals surface area (Å²) >= 11 is 12.3. The number of imidazole rings is 1. The van der Waals surface area contributed by atoms with E-state index in [-0.39, 0.29) is 11.8 Å². The molecule has 1 amide bonds. The first kappa shape index (κ1) is 18.1. The summed E-state index contributed by atoms with van der Waals surface area (Å²) in [6.07, 6.45) is 7.18. The van der Waals surface area contributed by atoms with E-state index in [0.717, 1.165) is 30.0 Å². The minimum atomic E-state index is 0.133. The number of rotatable bonds is 7. The van der Waals surface area contributed by atoms with Crippen LogP contribution in [-0.4, -0.2) is 20.4 Å². The molecule has 4 rings (SSSR count). The molecule has 7 heteroatoms. The highest BCUT2D eigenvalue weighted by Crippen LogP contribution is 2.32. The maximum atomic E-state index is 12.7. The molecular formula is C20H19Cl2N3O2. The Hall–Kier alpha value is -2.24. The van der Waals surface area contributed by atoms with Gasteiger partial charge in [-0.2, -0.15) is 0 Å². The minimum absolute atomic E-state index is 0.133. The first-order valence-corrected chi connectivity index (χ1v) is 9.61. The molecule has 1 aliphatic carbocycles. The Morgan fingerprint density at radius 2 is 2.11 bits per heavy atom. The van der Waals surface area contributed by atoms with Crippen molar-refractivity contribution < 1.29 is 9.21 Å². The van der Waals surface area contributed by atoms with E-state index in [1.54, 1.807) is 18.5 Å². The zero-order chi connectivity index (χ0) is 18.8. The first-order valence-electron chi connectivity index (χ1n) is 8.85. The van der Waals surface area contributed by atoms with Crippen LogP contribution in [0.15, 0.2) is 53.4 Å². The van der Waals surface area contributed by atoms with Gasteiger partial charge in [0.15, 0.2) is 0 Å². The number of aromatic nitrogens is 2. The maximum Gasteiger partial charge on any atom is 0.226 e. The summed E-state index contributed by atoms with van der Waals surface area (Å²) in [6.45, 7) is 1.43. The van der Waals surface area contributed by atoms with Gasteiger partial charge in [0.25, 0.3) is 0 Å².